The summed E-state index contributed by atoms with van der Waals surface area (Å²) in [5, 5.41) is 11.4. The van der Waals surface area contributed by atoms with Gasteiger partial charge in [-0.25, -0.2) is 0 Å². The monoisotopic (exact) mass is 215 g/mol. The van der Waals surface area contributed by atoms with Crippen LogP contribution in [0.1, 0.15) is 47.5 Å². The molecule has 0 spiro atoms. The van der Waals surface area contributed by atoms with Gasteiger partial charge in [0, 0.05) is 12.0 Å². The summed E-state index contributed by atoms with van der Waals surface area (Å²) < 4.78 is 0. The molecule has 1 amide bonds. The summed E-state index contributed by atoms with van der Waals surface area (Å²) in [5.41, 5.74) is -0.766. The summed E-state index contributed by atoms with van der Waals surface area (Å²) in [6, 6.07) is 0. The fraction of sp³-hybridized carbons (Fsp3) is 0.818. The largest absolute Gasteiger partial charge is 0.481 e. The minimum Gasteiger partial charge on any atom is -0.481 e. The van der Waals surface area contributed by atoms with Gasteiger partial charge < -0.3 is 10.4 Å². The predicted octanol–water partition coefficient (Wildman–Crippen LogP) is 1.79. The van der Waals surface area contributed by atoms with Crippen LogP contribution >= 0.6 is 0 Å². The highest BCUT2D eigenvalue weighted by molar-refractivity contribution is 5.78. The summed E-state index contributed by atoms with van der Waals surface area (Å²) in [4.78, 5) is 22.1. The van der Waals surface area contributed by atoms with Gasteiger partial charge in [-0.3, -0.25) is 9.59 Å². The molecule has 0 aromatic heterocycles. The van der Waals surface area contributed by atoms with E-state index in [1.807, 2.05) is 20.8 Å². The number of nitrogens with one attached hydrogen (secondary N) is 1. The number of carboxylic acids is 1. The van der Waals surface area contributed by atoms with Gasteiger partial charge in [0.25, 0.3) is 0 Å². The van der Waals surface area contributed by atoms with Gasteiger partial charge in [-0.05, 0) is 19.3 Å². The number of hydrogen-bond acceptors (Lipinski definition) is 2. The topological polar surface area (TPSA) is 66.4 Å². The van der Waals surface area contributed by atoms with Gasteiger partial charge in [0.1, 0.15) is 0 Å². The van der Waals surface area contributed by atoms with Crippen LogP contribution in [0.4, 0.5) is 0 Å². The lowest BCUT2D eigenvalue weighted by Crippen LogP contribution is -2.45. The molecule has 0 fully saturated rings. The maximum absolute atomic E-state index is 11.6. The van der Waals surface area contributed by atoms with E-state index in [0.717, 1.165) is 0 Å². The number of carbonyl (C=O) groups excluding carboxylic acids is 1. The Labute approximate surface area is 91.1 Å². The van der Waals surface area contributed by atoms with Gasteiger partial charge in [-0.15, -0.1) is 0 Å². The number of aliphatic carboxylic acids is 1. The van der Waals surface area contributed by atoms with Crippen LogP contribution in [0.3, 0.4) is 0 Å². The Hall–Kier alpha value is -1.06. The van der Waals surface area contributed by atoms with Crippen LogP contribution in [0.2, 0.25) is 0 Å². The first-order valence-electron chi connectivity index (χ1n) is 5.05. The highest BCUT2D eigenvalue weighted by atomic mass is 16.4. The van der Waals surface area contributed by atoms with Crippen molar-refractivity contribution in [1.29, 1.82) is 0 Å². The molecule has 0 saturated carbocycles. The molecule has 88 valence electrons. The van der Waals surface area contributed by atoms with E-state index >= 15 is 0 Å². The zero-order valence-corrected chi connectivity index (χ0v) is 10.2. The maximum Gasteiger partial charge on any atom is 0.305 e. The van der Waals surface area contributed by atoms with E-state index in [4.69, 9.17) is 5.11 Å². The zero-order chi connectivity index (χ0) is 12.3. The van der Waals surface area contributed by atoms with Crippen LogP contribution in [-0.4, -0.2) is 22.5 Å². The molecular weight excluding hydrogens is 194 g/mol. The quantitative estimate of drug-likeness (QED) is 0.751. The van der Waals surface area contributed by atoms with Gasteiger partial charge in [0.15, 0.2) is 0 Å². The molecule has 4 nitrogen and oxygen atoms in total. The molecule has 0 rings (SSSR count). The summed E-state index contributed by atoms with van der Waals surface area (Å²) in [6.45, 7) is 9.33. The van der Waals surface area contributed by atoms with Crippen molar-refractivity contribution in [3.8, 4) is 0 Å². The van der Waals surface area contributed by atoms with Crippen molar-refractivity contribution in [3.63, 3.8) is 0 Å². The van der Waals surface area contributed by atoms with Crippen LogP contribution in [0.5, 0.6) is 0 Å². The number of amides is 1. The second-order valence-electron chi connectivity index (χ2n) is 5.74. The Morgan fingerprint density at radius 3 is 1.87 bits per heavy atom. The average Bonchev–Trinajstić information content (AvgIpc) is 1.73. The van der Waals surface area contributed by atoms with E-state index in [9.17, 15) is 9.59 Å². The van der Waals surface area contributed by atoms with Crippen molar-refractivity contribution in [3.05, 3.63) is 0 Å². The highest BCUT2D eigenvalue weighted by Crippen LogP contribution is 2.19. The van der Waals surface area contributed by atoms with Crippen molar-refractivity contribution in [2.75, 3.05) is 0 Å². The van der Waals surface area contributed by atoms with Crippen LogP contribution < -0.4 is 5.32 Å². The Bertz CT molecular complexity index is 251. The molecule has 0 aromatic carbocycles. The summed E-state index contributed by atoms with van der Waals surface area (Å²) in [6.07, 6.45) is 0.332. The Morgan fingerprint density at radius 2 is 1.53 bits per heavy atom. The lowest BCUT2D eigenvalue weighted by atomic mass is 9.91. The third kappa shape index (κ3) is 7.97. The zero-order valence-electron chi connectivity index (χ0n) is 10.2. The van der Waals surface area contributed by atoms with E-state index in [1.54, 1.807) is 13.8 Å². The number of rotatable bonds is 4. The molecule has 0 bridgehead atoms. The van der Waals surface area contributed by atoms with E-state index in [-0.39, 0.29) is 17.7 Å². The number of hydrogen-bond donors (Lipinski definition) is 2. The predicted molar refractivity (Wildman–Crippen MR) is 58.5 cm³/mol. The minimum absolute atomic E-state index is 0.0666. The fourth-order valence-electron chi connectivity index (χ4n) is 1.33. The van der Waals surface area contributed by atoms with E-state index in [0.29, 0.717) is 6.42 Å². The van der Waals surface area contributed by atoms with Crippen LogP contribution in [0.15, 0.2) is 0 Å². The molecule has 2 N–H and O–H groups in total. The van der Waals surface area contributed by atoms with Gasteiger partial charge in [-0.1, -0.05) is 20.8 Å². The maximum atomic E-state index is 11.6. The number of carboxylic acid groups (broad SMARTS) is 1. The highest BCUT2D eigenvalue weighted by Gasteiger charge is 2.25. The fourth-order valence-corrected chi connectivity index (χ4v) is 1.33. The van der Waals surface area contributed by atoms with Crippen LogP contribution in [0.25, 0.3) is 0 Å². The second kappa shape index (κ2) is 4.64. The lowest BCUT2D eigenvalue weighted by molar-refractivity contribution is -0.138. The molecule has 0 atom stereocenters. The Morgan fingerprint density at radius 1 is 1.07 bits per heavy atom. The molecule has 15 heavy (non-hydrogen) atoms. The van der Waals surface area contributed by atoms with Crippen molar-refractivity contribution >= 4 is 11.9 Å². The van der Waals surface area contributed by atoms with Crippen molar-refractivity contribution < 1.29 is 14.7 Å². The SMILES string of the molecule is CC(C)(C)CC(=O)NC(C)(C)CC(=O)O. The van der Waals surface area contributed by atoms with E-state index in [2.05, 4.69) is 5.32 Å². The van der Waals surface area contributed by atoms with Gasteiger partial charge >= 0.3 is 5.97 Å². The van der Waals surface area contributed by atoms with Crippen molar-refractivity contribution in [2.45, 2.75) is 53.0 Å². The van der Waals surface area contributed by atoms with E-state index in [1.165, 1.54) is 0 Å². The molecular formula is C11H21NO3. The molecule has 0 heterocycles. The molecule has 0 unspecified atom stereocenters. The molecule has 0 saturated heterocycles. The summed E-state index contributed by atoms with van der Waals surface area (Å²) in [7, 11) is 0. The smallest absolute Gasteiger partial charge is 0.305 e. The third-order valence-corrected chi connectivity index (χ3v) is 1.76. The molecule has 4 heteroatoms. The molecule has 0 aromatic rings. The Balaban J connectivity index is 4.22. The molecule has 0 aliphatic heterocycles. The molecule has 0 aliphatic rings. The first kappa shape index (κ1) is 13.9. The average molecular weight is 215 g/mol. The van der Waals surface area contributed by atoms with Crippen LogP contribution in [-0.2, 0) is 9.59 Å². The summed E-state index contributed by atoms with van der Waals surface area (Å²) >= 11 is 0. The Kier molecular flexibility index (Phi) is 4.31. The van der Waals surface area contributed by atoms with E-state index < -0.39 is 11.5 Å². The van der Waals surface area contributed by atoms with Crippen molar-refractivity contribution in [1.82, 2.24) is 5.32 Å². The van der Waals surface area contributed by atoms with Gasteiger partial charge in [0.2, 0.25) is 5.91 Å². The first-order valence-corrected chi connectivity index (χ1v) is 5.05. The molecule has 0 aliphatic carbocycles. The van der Waals surface area contributed by atoms with Crippen LogP contribution in [0, 0.1) is 5.41 Å². The lowest BCUT2D eigenvalue weighted by Gasteiger charge is -2.26. The summed E-state index contributed by atoms with van der Waals surface area (Å²) in [5.74, 6) is -1.01. The molecule has 0 radical (unpaired) electrons. The van der Waals surface area contributed by atoms with Gasteiger partial charge in [0.05, 0.1) is 6.42 Å². The van der Waals surface area contributed by atoms with Crippen molar-refractivity contribution in [2.24, 2.45) is 5.41 Å². The first-order chi connectivity index (χ1) is 6.52. The third-order valence-electron chi connectivity index (χ3n) is 1.76. The number of carbonyl (C=O) groups is 2. The minimum atomic E-state index is -0.906. The van der Waals surface area contributed by atoms with Gasteiger partial charge in [-0.2, -0.15) is 0 Å². The standard InChI is InChI=1S/C11H21NO3/c1-10(2,3)6-8(13)12-11(4,5)7-9(14)15/h6-7H2,1-5H3,(H,12,13)(H,14,15). The normalized spacial score (nSPS) is 12.3. The second-order valence-corrected chi connectivity index (χ2v) is 5.74.